The minimum Gasteiger partial charge on any atom is -0.377 e. The molecule has 2 heterocycles. The quantitative estimate of drug-likeness (QED) is 0.778. The lowest BCUT2D eigenvalue weighted by Crippen LogP contribution is -2.27. The number of aromatic nitrogens is 1. The van der Waals surface area contributed by atoms with E-state index in [2.05, 4.69) is 24.1 Å². The number of hydrogen-bond donors (Lipinski definition) is 1. The van der Waals surface area contributed by atoms with Crippen molar-refractivity contribution < 1.29 is 9.47 Å². The molecule has 1 aliphatic heterocycles. The first kappa shape index (κ1) is 15.7. The molecule has 2 unspecified atom stereocenters. The van der Waals surface area contributed by atoms with Crippen LogP contribution >= 0.6 is 11.3 Å². The van der Waals surface area contributed by atoms with Gasteiger partial charge >= 0.3 is 0 Å². The summed E-state index contributed by atoms with van der Waals surface area (Å²) < 4.78 is 11.0. The van der Waals surface area contributed by atoms with Crippen LogP contribution in [-0.2, 0) is 16.0 Å². The maximum atomic E-state index is 5.48. The van der Waals surface area contributed by atoms with Crippen LogP contribution in [0.4, 0.5) is 5.13 Å². The average Bonchev–Trinajstić information content (AvgIpc) is 3.02. The molecule has 0 spiro atoms. The summed E-state index contributed by atoms with van der Waals surface area (Å²) in [5, 5.41) is 4.52. The summed E-state index contributed by atoms with van der Waals surface area (Å²) in [5.41, 5.74) is 1.13. The van der Waals surface area contributed by atoms with Crippen molar-refractivity contribution in [3.05, 3.63) is 10.6 Å². The molecule has 1 saturated heterocycles. The highest BCUT2D eigenvalue weighted by atomic mass is 32.1. The van der Waals surface area contributed by atoms with Gasteiger partial charge in [0, 0.05) is 38.7 Å². The smallest absolute Gasteiger partial charge is 0.185 e. The fourth-order valence-electron chi connectivity index (χ4n) is 2.44. The first-order chi connectivity index (χ1) is 9.69. The molecule has 1 aromatic heterocycles. The molecule has 2 atom stereocenters. The second kappa shape index (κ2) is 7.36. The van der Waals surface area contributed by atoms with Gasteiger partial charge in [0.1, 0.15) is 12.2 Å². The Labute approximate surface area is 125 Å². The summed E-state index contributed by atoms with van der Waals surface area (Å²) >= 11 is 1.77. The van der Waals surface area contributed by atoms with Gasteiger partial charge in [0.25, 0.3) is 0 Å². The van der Waals surface area contributed by atoms with Crippen molar-refractivity contribution in [3.8, 4) is 0 Å². The molecule has 2 rings (SSSR count). The molecule has 0 bridgehead atoms. The molecule has 114 valence electrons. The van der Waals surface area contributed by atoms with Crippen LogP contribution in [0.15, 0.2) is 0 Å². The van der Waals surface area contributed by atoms with Gasteiger partial charge < -0.3 is 19.7 Å². The topological polar surface area (TPSA) is 46.6 Å². The number of ether oxygens (including phenoxy) is 2. The molecule has 0 aromatic carbocycles. The Bertz CT molecular complexity index is 413. The van der Waals surface area contributed by atoms with Gasteiger partial charge in [0.05, 0.1) is 5.69 Å². The van der Waals surface area contributed by atoms with E-state index in [-0.39, 0.29) is 12.2 Å². The second-order valence-electron chi connectivity index (χ2n) is 5.14. The largest absolute Gasteiger partial charge is 0.377 e. The molecule has 0 aliphatic carbocycles. The molecule has 1 fully saturated rings. The van der Waals surface area contributed by atoms with Crippen molar-refractivity contribution in [2.45, 2.75) is 39.0 Å². The van der Waals surface area contributed by atoms with Gasteiger partial charge in [-0.2, -0.15) is 0 Å². The summed E-state index contributed by atoms with van der Waals surface area (Å²) in [5.74, 6) is 0. The molecule has 5 nitrogen and oxygen atoms in total. The van der Waals surface area contributed by atoms with Crippen molar-refractivity contribution >= 4 is 16.5 Å². The Morgan fingerprint density at radius 3 is 2.50 bits per heavy atom. The van der Waals surface area contributed by atoms with Crippen LogP contribution in [0, 0.1) is 6.92 Å². The van der Waals surface area contributed by atoms with Gasteiger partial charge in [0.15, 0.2) is 5.13 Å². The molecule has 1 N–H and O–H groups in total. The Kier molecular flexibility index (Phi) is 5.77. The molecule has 1 aromatic rings. The van der Waals surface area contributed by atoms with Crippen LogP contribution in [-0.4, -0.2) is 51.0 Å². The Hall–Kier alpha value is -0.690. The fourth-order valence-corrected chi connectivity index (χ4v) is 3.49. The van der Waals surface area contributed by atoms with E-state index in [0.29, 0.717) is 0 Å². The van der Waals surface area contributed by atoms with Gasteiger partial charge in [0.2, 0.25) is 0 Å². The van der Waals surface area contributed by atoms with Gasteiger partial charge in [-0.05, 0) is 19.9 Å². The number of thiazole rings is 1. The lowest BCUT2D eigenvalue weighted by atomic mass is 10.3. The average molecular weight is 299 g/mol. The number of methoxy groups -OCH3 is 2. The third-order valence-electron chi connectivity index (χ3n) is 3.69. The molecule has 0 radical (unpaired) electrons. The normalized spacial score (nSPS) is 22.7. The van der Waals surface area contributed by atoms with Gasteiger partial charge in [-0.15, -0.1) is 11.3 Å². The van der Waals surface area contributed by atoms with Crippen molar-refractivity contribution in [3.63, 3.8) is 0 Å². The molecule has 20 heavy (non-hydrogen) atoms. The molecule has 0 saturated carbocycles. The van der Waals surface area contributed by atoms with Crippen LogP contribution < -0.4 is 10.2 Å². The molecule has 0 amide bonds. The van der Waals surface area contributed by atoms with Gasteiger partial charge in [-0.3, -0.25) is 0 Å². The number of hydrogen-bond acceptors (Lipinski definition) is 6. The molecular weight excluding hydrogens is 274 g/mol. The first-order valence-electron chi connectivity index (χ1n) is 7.17. The summed E-state index contributed by atoms with van der Waals surface area (Å²) in [7, 11) is 3.49. The van der Waals surface area contributed by atoms with Crippen molar-refractivity contribution in [1.82, 2.24) is 10.3 Å². The van der Waals surface area contributed by atoms with Crippen LogP contribution in [0.5, 0.6) is 0 Å². The Morgan fingerprint density at radius 2 is 1.95 bits per heavy atom. The van der Waals surface area contributed by atoms with Crippen LogP contribution in [0.1, 0.15) is 23.9 Å². The number of aryl methyl sites for hydroxylation is 1. The van der Waals surface area contributed by atoms with Crippen molar-refractivity contribution in [1.29, 1.82) is 0 Å². The minimum absolute atomic E-state index is 0.130. The second-order valence-corrected chi connectivity index (χ2v) is 6.20. The minimum atomic E-state index is 0.130. The highest BCUT2D eigenvalue weighted by Crippen LogP contribution is 2.30. The highest BCUT2D eigenvalue weighted by Gasteiger charge is 2.34. The van der Waals surface area contributed by atoms with Crippen molar-refractivity contribution in [2.75, 3.05) is 38.8 Å². The van der Waals surface area contributed by atoms with Gasteiger partial charge in [-0.1, -0.05) is 6.92 Å². The zero-order valence-corrected chi connectivity index (χ0v) is 13.6. The molecular formula is C14H25N3O2S. The van der Waals surface area contributed by atoms with E-state index >= 15 is 0 Å². The predicted octanol–water partition coefficient (Wildman–Crippen LogP) is 1.80. The Morgan fingerprint density at radius 1 is 1.30 bits per heavy atom. The van der Waals surface area contributed by atoms with E-state index in [1.54, 1.807) is 25.6 Å². The zero-order chi connectivity index (χ0) is 14.5. The third-order valence-corrected chi connectivity index (χ3v) is 4.90. The van der Waals surface area contributed by atoms with Gasteiger partial charge in [-0.25, -0.2) is 4.98 Å². The SMILES string of the molecule is CCCNCc1sc(N2CC(OC)C(OC)C2)nc1C. The van der Waals surface area contributed by atoms with Crippen LogP contribution in [0.2, 0.25) is 0 Å². The summed E-state index contributed by atoms with van der Waals surface area (Å²) in [4.78, 5) is 8.29. The standard InChI is InChI=1S/C14H25N3O2S/c1-5-6-15-7-13-10(2)16-14(20-13)17-8-11(18-3)12(9-17)19-4/h11-12,15H,5-9H2,1-4H3. The molecule has 6 heteroatoms. The predicted molar refractivity (Wildman–Crippen MR) is 82.7 cm³/mol. The lowest BCUT2D eigenvalue weighted by Gasteiger charge is -2.13. The number of rotatable bonds is 7. The summed E-state index contributed by atoms with van der Waals surface area (Å²) in [6, 6.07) is 0. The lowest BCUT2D eigenvalue weighted by molar-refractivity contribution is -0.00461. The maximum absolute atomic E-state index is 5.48. The van der Waals surface area contributed by atoms with E-state index in [1.807, 2.05) is 0 Å². The third kappa shape index (κ3) is 3.49. The summed E-state index contributed by atoms with van der Waals surface area (Å²) in [6.45, 7) is 7.92. The Balaban J connectivity index is 2.01. The van der Waals surface area contributed by atoms with Crippen molar-refractivity contribution in [2.24, 2.45) is 0 Å². The monoisotopic (exact) mass is 299 g/mol. The van der Waals surface area contributed by atoms with Crippen LogP contribution in [0.25, 0.3) is 0 Å². The van der Waals surface area contributed by atoms with E-state index in [4.69, 9.17) is 14.5 Å². The summed E-state index contributed by atoms with van der Waals surface area (Å²) in [6.07, 6.45) is 1.42. The van der Waals surface area contributed by atoms with E-state index in [0.717, 1.165) is 43.4 Å². The van der Waals surface area contributed by atoms with E-state index in [9.17, 15) is 0 Å². The molecule has 1 aliphatic rings. The first-order valence-corrected chi connectivity index (χ1v) is 7.98. The highest BCUT2D eigenvalue weighted by molar-refractivity contribution is 7.15. The number of nitrogens with zero attached hydrogens (tertiary/aromatic N) is 2. The zero-order valence-electron chi connectivity index (χ0n) is 12.8. The number of nitrogens with one attached hydrogen (secondary N) is 1. The van der Waals surface area contributed by atoms with Crippen LogP contribution in [0.3, 0.4) is 0 Å². The fraction of sp³-hybridized carbons (Fsp3) is 0.786. The van der Waals surface area contributed by atoms with E-state index < -0.39 is 0 Å². The number of anilines is 1. The van der Waals surface area contributed by atoms with E-state index in [1.165, 1.54) is 4.88 Å². The maximum Gasteiger partial charge on any atom is 0.185 e.